The van der Waals surface area contributed by atoms with Gasteiger partial charge < -0.3 is 10.2 Å². The summed E-state index contributed by atoms with van der Waals surface area (Å²) < 4.78 is 1.83. The lowest BCUT2D eigenvalue weighted by Crippen LogP contribution is -2.32. The molecule has 1 amide bonds. The summed E-state index contributed by atoms with van der Waals surface area (Å²) in [6.07, 6.45) is 4.73. The molecule has 1 aliphatic heterocycles. The average molecular weight is 372 g/mol. The number of hydrogen-bond acceptors (Lipinski definition) is 6. The summed E-state index contributed by atoms with van der Waals surface area (Å²) in [5.74, 6) is 1.09. The van der Waals surface area contributed by atoms with Crippen LogP contribution in [-0.2, 0) is 4.79 Å². The Balaban J connectivity index is 1.28. The van der Waals surface area contributed by atoms with Crippen molar-refractivity contribution in [3.63, 3.8) is 0 Å². The number of rotatable bonds is 6. The third-order valence-corrected chi connectivity index (χ3v) is 5.92. The first kappa shape index (κ1) is 17.3. The van der Waals surface area contributed by atoms with E-state index >= 15 is 0 Å². The first-order valence-electron chi connectivity index (χ1n) is 9.24. The molecule has 1 N–H and O–H groups in total. The van der Waals surface area contributed by atoms with Gasteiger partial charge >= 0.3 is 0 Å². The Labute approximate surface area is 157 Å². The zero-order chi connectivity index (χ0) is 17.9. The van der Waals surface area contributed by atoms with Gasteiger partial charge in [-0.2, -0.15) is 0 Å². The van der Waals surface area contributed by atoms with Gasteiger partial charge in [0.25, 0.3) is 0 Å². The molecule has 8 heteroatoms. The Kier molecular flexibility index (Phi) is 5.10. The predicted octanol–water partition coefficient (Wildman–Crippen LogP) is 2.98. The van der Waals surface area contributed by atoms with Crippen LogP contribution in [0.1, 0.15) is 38.6 Å². The normalized spacial score (nSPS) is 18.1. The number of piperidine rings is 1. The molecule has 0 unspecified atom stereocenters. The molecule has 1 aromatic heterocycles. The second-order valence-corrected chi connectivity index (χ2v) is 8.13. The van der Waals surface area contributed by atoms with Gasteiger partial charge in [-0.15, -0.1) is 5.10 Å². The van der Waals surface area contributed by atoms with Gasteiger partial charge in [-0.3, -0.25) is 4.79 Å². The van der Waals surface area contributed by atoms with Crippen molar-refractivity contribution in [1.82, 2.24) is 20.2 Å². The fourth-order valence-electron chi connectivity index (χ4n) is 3.18. The topological polar surface area (TPSA) is 75.9 Å². The van der Waals surface area contributed by atoms with E-state index in [9.17, 15) is 4.79 Å². The molecular formula is C18H24N6OS. The minimum absolute atomic E-state index is 0.0418. The number of carbonyl (C=O) groups excluding carboxylic acids is 1. The summed E-state index contributed by atoms with van der Waals surface area (Å²) in [6.45, 7) is 4.54. The van der Waals surface area contributed by atoms with E-state index in [4.69, 9.17) is 0 Å². The standard InChI is InChI=1S/C18H24N6OS/c1-13-8-10-23(11-9-13)15-4-2-14(3-5-15)19-17(25)12-26-18-20-21-22-24(18)16-6-7-16/h2-5,13,16H,6-12H2,1H3,(H,19,25). The minimum atomic E-state index is -0.0418. The summed E-state index contributed by atoms with van der Waals surface area (Å²) in [6, 6.07) is 8.55. The number of nitrogens with zero attached hydrogens (tertiary/aromatic N) is 5. The number of aromatic nitrogens is 4. The van der Waals surface area contributed by atoms with E-state index in [-0.39, 0.29) is 5.91 Å². The highest BCUT2D eigenvalue weighted by Gasteiger charge is 2.28. The Hall–Kier alpha value is -2.09. The molecule has 1 saturated heterocycles. The Morgan fingerprint density at radius 3 is 2.62 bits per heavy atom. The van der Waals surface area contributed by atoms with Gasteiger partial charge in [0.15, 0.2) is 0 Å². The molecule has 0 spiro atoms. The van der Waals surface area contributed by atoms with Gasteiger partial charge in [-0.1, -0.05) is 18.7 Å². The van der Waals surface area contributed by atoms with Crippen molar-refractivity contribution >= 4 is 29.0 Å². The molecule has 26 heavy (non-hydrogen) atoms. The minimum Gasteiger partial charge on any atom is -0.372 e. The SMILES string of the molecule is CC1CCN(c2ccc(NC(=O)CSc3nnnn3C3CC3)cc2)CC1. The molecule has 1 aliphatic carbocycles. The molecule has 138 valence electrons. The van der Waals surface area contributed by atoms with Crippen molar-refractivity contribution in [3.05, 3.63) is 24.3 Å². The molecular weight excluding hydrogens is 348 g/mol. The lowest BCUT2D eigenvalue weighted by atomic mass is 9.99. The molecule has 1 aromatic carbocycles. The molecule has 2 aliphatic rings. The van der Waals surface area contributed by atoms with Crippen LogP contribution in [0.5, 0.6) is 0 Å². The van der Waals surface area contributed by atoms with Gasteiger partial charge in [0.2, 0.25) is 11.1 Å². The number of amides is 1. The quantitative estimate of drug-likeness (QED) is 0.786. The van der Waals surface area contributed by atoms with Crippen molar-refractivity contribution in [3.8, 4) is 0 Å². The third kappa shape index (κ3) is 4.17. The zero-order valence-electron chi connectivity index (χ0n) is 15.0. The van der Waals surface area contributed by atoms with E-state index in [1.165, 1.54) is 30.3 Å². The number of tetrazole rings is 1. The first-order chi connectivity index (χ1) is 12.7. The number of benzene rings is 1. The molecule has 0 atom stereocenters. The second-order valence-electron chi connectivity index (χ2n) is 7.19. The monoisotopic (exact) mass is 372 g/mol. The largest absolute Gasteiger partial charge is 0.372 e. The van der Waals surface area contributed by atoms with Crippen LogP contribution in [0.4, 0.5) is 11.4 Å². The summed E-state index contributed by atoms with van der Waals surface area (Å²) >= 11 is 1.38. The van der Waals surface area contributed by atoms with Gasteiger partial charge in [0, 0.05) is 24.5 Å². The van der Waals surface area contributed by atoms with Gasteiger partial charge in [0.1, 0.15) is 0 Å². The van der Waals surface area contributed by atoms with Crippen LogP contribution in [0.3, 0.4) is 0 Å². The van der Waals surface area contributed by atoms with Crippen LogP contribution in [0.25, 0.3) is 0 Å². The van der Waals surface area contributed by atoms with Crippen LogP contribution in [-0.4, -0.2) is 45.0 Å². The van der Waals surface area contributed by atoms with Gasteiger partial charge in [-0.25, -0.2) is 4.68 Å². The van der Waals surface area contributed by atoms with E-state index in [0.717, 1.165) is 42.7 Å². The maximum absolute atomic E-state index is 12.2. The molecule has 2 aromatic rings. The smallest absolute Gasteiger partial charge is 0.234 e. The van der Waals surface area contributed by atoms with E-state index in [1.807, 2.05) is 16.8 Å². The molecule has 1 saturated carbocycles. The summed E-state index contributed by atoms with van der Waals surface area (Å²) in [7, 11) is 0. The fourth-order valence-corrected chi connectivity index (χ4v) is 3.92. The Morgan fingerprint density at radius 2 is 1.92 bits per heavy atom. The second kappa shape index (κ2) is 7.65. The van der Waals surface area contributed by atoms with Crippen LogP contribution < -0.4 is 10.2 Å². The Bertz CT molecular complexity index is 749. The number of thioether (sulfide) groups is 1. The molecule has 7 nitrogen and oxygen atoms in total. The molecule has 0 bridgehead atoms. The van der Waals surface area contributed by atoms with Crippen LogP contribution in [0, 0.1) is 5.92 Å². The van der Waals surface area contributed by atoms with Crippen molar-refractivity contribution in [2.24, 2.45) is 5.92 Å². The highest BCUT2D eigenvalue weighted by molar-refractivity contribution is 7.99. The van der Waals surface area contributed by atoms with Crippen LogP contribution >= 0.6 is 11.8 Å². The zero-order valence-corrected chi connectivity index (χ0v) is 15.8. The fraction of sp³-hybridized carbons (Fsp3) is 0.556. The van der Waals surface area contributed by atoms with Crippen molar-refractivity contribution < 1.29 is 4.79 Å². The lowest BCUT2D eigenvalue weighted by molar-refractivity contribution is -0.113. The van der Waals surface area contributed by atoms with Gasteiger partial charge in [0.05, 0.1) is 11.8 Å². The third-order valence-electron chi connectivity index (χ3n) is 4.99. The van der Waals surface area contributed by atoms with E-state index in [0.29, 0.717) is 11.8 Å². The van der Waals surface area contributed by atoms with E-state index < -0.39 is 0 Å². The number of anilines is 2. The van der Waals surface area contributed by atoms with Crippen LogP contribution in [0.15, 0.2) is 29.4 Å². The maximum atomic E-state index is 12.2. The summed E-state index contributed by atoms with van der Waals surface area (Å²) in [4.78, 5) is 14.6. The highest BCUT2D eigenvalue weighted by Crippen LogP contribution is 2.36. The lowest BCUT2D eigenvalue weighted by Gasteiger charge is -2.32. The molecule has 0 radical (unpaired) electrons. The molecule has 2 fully saturated rings. The van der Waals surface area contributed by atoms with E-state index in [1.54, 1.807) is 0 Å². The number of hydrogen-bond donors (Lipinski definition) is 1. The number of nitrogens with one attached hydrogen (secondary N) is 1. The first-order valence-corrected chi connectivity index (χ1v) is 10.2. The molecule has 2 heterocycles. The Morgan fingerprint density at radius 1 is 1.19 bits per heavy atom. The van der Waals surface area contributed by atoms with Crippen molar-refractivity contribution in [1.29, 1.82) is 0 Å². The predicted molar refractivity (Wildman–Crippen MR) is 102 cm³/mol. The van der Waals surface area contributed by atoms with E-state index in [2.05, 4.69) is 44.8 Å². The van der Waals surface area contributed by atoms with Crippen molar-refractivity contribution in [2.75, 3.05) is 29.1 Å². The summed E-state index contributed by atoms with van der Waals surface area (Å²) in [5, 5.41) is 15.4. The van der Waals surface area contributed by atoms with Crippen LogP contribution in [0.2, 0.25) is 0 Å². The average Bonchev–Trinajstić information content (AvgIpc) is 3.39. The molecule has 4 rings (SSSR count). The maximum Gasteiger partial charge on any atom is 0.234 e. The highest BCUT2D eigenvalue weighted by atomic mass is 32.2. The van der Waals surface area contributed by atoms with Gasteiger partial charge in [-0.05, 0) is 66.3 Å². The summed E-state index contributed by atoms with van der Waals surface area (Å²) in [5.41, 5.74) is 2.05. The number of carbonyl (C=O) groups is 1. The van der Waals surface area contributed by atoms with Crippen molar-refractivity contribution in [2.45, 2.75) is 43.8 Å².